The molecule has 4 nitrogen and oxygen atoms in total. The molecule has 0 atom stereocenters. The molecular weight excluding hydrogens is 468 g/mol. The number of rotatable bonds is 21. The van der Waals surface area contributed by atoms with Gasteiger partial charge in [-0.05, 0) is 73.2 Å². The molecule has 2 rings (SSSR count). The summed E-state index contributed by atoms with van der Waals surface area (Å²) in [4.78, 5) is 23.9. The van der Waals surface area contributed by atoms with E-state index in [9.17, 15) is 9.59 Å². The van der Waals surface area contributed by atoms with E-state index in [2.05, 4.69) is 73.0 Å². The van der Waals surface area contributed by atoms with E-state index in [1.165, 1.54) is 49.7 Å². The average molecular weight is 517 g/mol. The smallest absolute Gasteiger partial charge is 0.157 e. The molecule has 0 aliphatic rings. The summed E-state index contributed by atoms with van der Waals surface area (Å²) >= 11 is 0. The van der Waals surface area contributed by atoms with E-state index in [4.69, 9.17) is 0 Å². The van der Waals surface area contributed by atoms with Crippen LogP contribution in [0.3, 0.4) is 0 Å². The van der Waals surface area contributed by atoms with Gasteiger partial charge in [-0.1, -0.05) is 89.5 Å². The number of benzene rings is 2. The van der Waals surface area contributed by atoms with Crippen molar-refractivity contribution in [2.75, 3.05) is 10.6 Å². The third-order valence-corrected chi connectivity index (χ3v) is 6.70. The molecule has 0 aliphatic heterocycles. The molecule has 2 aromatic carbocycles. The van der Waals surface area contributed by atoms with Gasteiger partial charge >= 0.3 is 0 Å². The fourth-order valence-corrected chi connectivity index (χ4v) is 4.26. The van der Waals surface area contributed by atoms with Crippen LogP contribution >= 0.6 is 0 Å². The Morgan fingerprint density at radius 3 is 1.29 bits per heavy atom. The summed E-state index contributed by atoms with van der Waals surface area (Å²) < 4.78 is 0. The zero-order valence-corrected chi connectivity index (χ0v) is 23.6. The van der Waals surface area contributed by atoms with Crippen molar-refractivity contribution in [1.29, 1.82) is 0 Å². The summed E-state index contributed by atoms with van der Waals surface area (Å²) in [6.45, 7) is 4.40. The maximum Gasteiger partial charge on any atom is 0.157 e. The predicted octanol–water partition coefficient (Wildman–Crippen LogP) is 9.18. The molecule has 0 unspecified atom stereocenters. The van der Waals surface area contributed by atoms with E-state index in [1.807, 2.05) is 0 Å². The molecule has 0 spiro atoms. The van der Waals surface area contributed by atoms with E-state index in [1.54, 1.807) is 24.6 Å². The van der Waals surface area contributed by atoms with Crippen molar-refractivity contribution in [1.82, 2.24) is 0 Å². The molecule has 2 N–H and O–H groups in total. The van der Waals surface area contributed by atoms with Gasteiger partial charge in [-0.3, -0.25) is 9.59 Å². The fraction of sp³-hybridized carbons (Fsp3) is 0.471. The SMILES string of the molecule is CCCCCCCC(=O)/C=C\Nc1ccc(CCc2ccc(N/C=C\C(=O)CCCCCCC)cc2)cc1. The van der Waals surface area contributed by atoms with Gasteiger partial charge in [0.15, 0.2) is 11.6 Å². The normalized spacial score (nSPS) is 11.3. The number of allylic oxidation sites excluding steroid dienone is 2. The van der Waals surface area contributed by atoms with Crippen molar-refractivity contribution in [2.24, 2.45) is 0 Å². The maximum absolute atomic E-state index is 12.0. The summed E-state index contributed by atoms with van der Waals surface area (Å²) in [5.41, 5.74) is 4.53. The molecule has 0 radical (unpaired) electrons. The predicted molar refractivity (Wildman–Crippen MR) is 163 cm³/mol. The van der Waals surface area contributed by atoms with Crippen molar-refractivity contribution < 1.29 is 9.59 Å². The van der Waals surface area contributed by atoms with Crippen LogP contribution in [-0.4, -0.2) is 11.6 Å². The van der Waals surface area contributed by atoms with Gasteiger partial charge < -0.3 is 10.6 Å². The van der Waals surface area contributed by atoms with Crippen molar-refractivity contribution in [3.05, 3.63) is 84.2 Å². The first kappa shape index (κ1) is 31.1. The van der Waals surface area contributed by atoms with Crippen LogP contribution in [0.5, 0.6) is 0 Å². The van der Waals surface area contributed by atoms with Crippen LogP contribution in [-0.2, 0) is 22.4 Å². The Morgan fingerprint density at radius 2 is 0.921 bits per heavy atom. The molecule has 0 amide bonds. The topological polar surface area (TPSA) is 58.2 Å². The number of carbonyl (C=O) groups excluding carboxylic acids is 2. The highest BCUT2D eigenvalue weighted by atomic mass is 16.1. The third-order valence-electron chi connectivity index (χ3n) is 6.70. The van der Waals surface area contributed by atoms with Crippen molar-refractivity contribution in [3.63, 3.8) is 0 Å². The third kappa shape index (κ3) is 14.6. The highest BCUT2D eigenvalue weighted by Crippen LogP contribution is 2.15. The molecule has 0 fully saturated rings. The van der Waals surface area contributed by atoms with Gasteiger partial charge in [0.25, 0.3) is 0 Å². The van der Waals surface area contributed by atoms with E-state index in [0.29, 0.717) is 12.8 Å². The van der Waals surface area contributed by atoms with Crippen molar-refractivity contribution in [3.8, 4) is 0 Å². The molecule has 0 bridgehead atoms. The molecule has 38 heavy (non-hydrogen) atoms. The van der Waals surface area contributed by atoms with Crippen LogP contribution in [0.1, 0.15) is 102 Å². The second-order valence-corrected chi connectivity index (χ2v) is 10.1. The molecule has 0 saturated heterocycles. The molecular formula is C34H48N2O2. The van der Waals surface area contributed by atoms with E-state index < -0.39 is 0 Å². The number of carbonyl (C=O) groups is 2. The Labute approximate surface area is 231 Å². The Bertz CT molecular complexity index is 893. The van der Waals surface area contributed by atoms with Gasteiger partial charge in [0.05, 0.1) is 0 Å². The van der Waals surface area contributed by atoms with Gasteiger partial charge in [0.1, 0.15) is 0 Å². The van der Waals surface area contributed by atoms with E-state index >= 15 is 0 Å². The lowest BCUT2D eigenvalue weighted by molar-refractivity contribution is -0.115. The maximum atomic E-state index is 12.0. The highest BCUT2D eigenvalue weighted by Gasteiger charge is 2.00. The second kappa shape index (κ2) is 19.9. The minimum atomic E-state index is 0.185. The Kier molecular flexibility index (Phi) is 16.3. The van der Waals surface area contributed by atoms with Crippen LogP contribution < -0.4 is 10.6 Å². The van der Waals surface area contributed by atoms with Gasteiger partial charge in [0, 0.05) is 36.6 Å². The quantitative estimate of drug-likeness (QED) is 0.128. The zero-order chi connectivity index (χ0) is 27.3. The van der Waals surface area contributed by atoms with E-state index in [0.717, 1.165) is 49.9 Å². The van der Waals surface area contributed by atoms with Crippen LogP contribution in [0.2, 0.25) is 0 Å². The lowest BCUT2D eigenvalue weighted by atomic mass is 10.0. The number of aryl methyl sites for hydroxylation is 2. The number of ketones is 2. The summed E-state index contributed by atoms with van der Waals surface area (Å²) in [6.07, 6.45) is 21.6. The minimum Gasteiger partial charge on any atom is -0.362 e. The number of nitrogens with one attached hydrogen (secondary N) is 2. The van der Waals surface area contributed by atoms with E-state index in [-0.39, 0.29) is 11.6 Å². The summed E-state index contributed by atoms with van der Waals surface area (Å²) in [5, 5.41) is 6.40. The van der Waals surface area contributed by atoms with Gasteiger partial charge in [0.2, 0.25) is 0 Å². The molecule has 2 aromatic rings. The zero-order valence-electron chi connectivity index (χ0n) is 23.6. The standard InChI is InChI=1S/C34H48N2O2/c1-3-5-7-9-11-13-33(37)25-27-35-31-21-17-29(18-22-31)15-16-30-19-23-32(24-20-30)36-28-26-34(38)14-12-10-8-6-4-2/h17-28,35-36H,3-16H2,1-2H3/b27-25-,28-26-. The molecule has 0 aromatic heterocycles. The first-order chi connectivity index (χ1) is 18.6. The molecule has 0 aliphatic carbocycles. The molecule has 206 valence electrons. The number of anilines is 2. The summed E-state index contributed by atoms with van der Waals surface area (Å²) in [6, 6.07) is 16.8. The van der Waals surface area contributed by atoms with Crippen LogP contribution in [0.25, 0.3) is 0 Å². The molecule has 0 saturated carbocycles. The molecule has 4 heteroatoms. The largest absolute Gasteiger partial charge is 0.362 e. The summed E-state index contributed by atoms with van der Waals surface area (Å²) in [5.74, 6) is 0.369. The van der Waals surface area contributed by atoms with Crippen LogP contribution in [0.15, 0.2) is 73.1 Å². The van der Waals surface area contributed by atoms with Gasteiger partial charge in [-0.15, -0.1) is 0 Å². The van der Waals surface area contributed by atoms with Gasteiger partial charge in [-0.2, -0.15) is 0 Å². The fourth-order valence-electron chi connectivity index (χ4n) is 4.26. The first-order valence-corrected chi connectivity index (χ1v) is 14.7. The number of hydrogen-bond acceptors (Lipinski definition) is 4. The van der Waals surface area contributed by atoms with Crippen molar-refractivity contribution in [2.45, 2.75) is 104 Å². The van der Waals surface area contributed by atoms with Gasteiger partial charge in [-0.25, -0.2) is 0 Å². The number of hydrogen-bond donors (Lipinski definition) is 2. The minimum absolute atomic E-state index is 0.185. The Morgan fingerprint density at radius 1 is 0.553 bits per heavy atom. The Balaban J connectivity index is 1.65. The lowest BCUT2D eigenvalue weighted by Crippen LogP contribution is -1.96. The number of unbranched alkanes of at least 4 members (excludes halogenated alkanes) is 8. The average Bonchev–Trinajstić information content (AvgIpc) is 2.93. The second-order valence-electron chi connectivity index (χ2n) is 10.1. The monoisotopic (exact) mass is 516 g/mol. The highest BCUT2D eigenvalue weighted by molar-refractivity contribution is 5.90. The first-order valence-electron chi connectivity index (χ1n) is 14.7. The molecule has 0 heterocycles. The van der Waals surface area contributed by atoms with Crippen LogP contribution in [0.4, 0.5) is 11.4 Å². The lowest BCUT2D eigenvalue weighted by Gasteiger charge is -2.06. The van der Waals surface area contributed by atoms with Crippen LogP contribution in [0, 0.1) is 0 Å². The Hall–Kier alpha value is -3.14. The van der Waals surface area contributed by atoms with Crippen molar-refractivity contribution >= 4 is 22.9 Å². The summed E-state index contributed by atoms with van der Waals surface area (Å²) in [7, 11) is 0.